The van der Waals surface area contributed by atoms with E-state index in [0.29, 0.717) is 23.6 Å². The quantitative estimate of drug-likeness (QED) is 0.835. The molecule has 6 heteroatoms. The summed E-state index contributed by atoms with van der Waals surface area (Å²) in [5, 5.41) is 6.96. The second-order valence-corrected chi connectivity index (χ2v) is 6.59. The van der Waals surface area contributed by atoms with Gasteiger partial charge in [-0.3, -0.25) is 4.79 Å². The molecule has 1 N–H and O–H groups in total. The van der Waals surface area contributed by atoms with Gasteiger partial charge in [0.05, 0.1) is 18.8 Å². The first-order chi connectivity index (χ1) is 11.9. The third kappa shape index (κ3) is 4.20. The van der Waals surface area contributed by atoms with Crippen LogP contribution in [0.15, 0.2) is 28.8 Å². The van der Waals surface area contributed by atoms with E-state index in [0.717, 1.165) is 11.3 Å². The van der Waals surface area contributed by atoms with Gasteiger partial charge in [0.2, 0.25) is 0 Å². The third-order valence-electron chi connectivity index (χ3n) is 4.22. The zero-order chi connectivity index (χ0) is 18.6. The molecule has 0 spiro atoms. The fraction of sp³-hybridized carbons (Fsp3) is 0.474. The van der Waals surface area contributed by atoms with Crippen LogP contribution in [0.3, 0.4) is 0 Å². The molecular formula is C19H27N3O3. The molecular weight excluding hydrogens is 318 g/mol. The first-order valence-corrected chi connectivity index (χ1v) is 8.40. The Balaban J connectivity index is 2.20. The number of hydrogen-bond donors (Lipinski definition) is 1. The number of methoxy groups -OCH3 is 1. The molecule has 0 saturated heterocycles. The average molecular weight is 345 g/mol. The number of carbonyl (C=O) groups is 1. The van der Waals surface area contributed by atoms with Crippen molar-refractivity contribution in [2.75, 3.05) is 27.7 Å². The zero-order valence-corrected chi connectivity index (χ0v) is 15.8. The molecule has 0 aliphatic heterocycles. The minimum Gasteiger partial charge on any atom is -0.496 e. The number of hydrogen-bond acceptors (Lipinski definition) is 5. The molecule has 25 heavy (non-hydrogen) atoms. The molecule has 0 aliphatic carbocycles. The van der Waals surface area contributed by atoms with Crippen molar-refractivity contribution in [1.82, 2.24) is 15.4 Å². The van der Waals surface area contributed by atoms with Crippen LogP contribution in [-0.2, 0) is 0 Å². The Kier molecular flexibility index (Phi) is 6.20. The first-order valence-electron chi connectivity index (χ1n) is 8.40. The first kappa shape index (κ1) is 19.0. The summed E-state index contributed by atoms with van der Waals surface area (Å²) in [6.45, 7) is 6.20. The normalized spacial score (nSPS) is 12.5. The van der Waals surface area contributed by atoms with Gasteiger partial charge in [0.15, 0.2) is 5.76 Å². The molecule has 0 aliphatic rings. The molecule has 1 heterocycles. The number of benzene rings is 1. The Hall–Kier alpha value is -2.34. The summed E-state index contributed by atoms with van der Waals surface area (Å²) in [4.78, 5) is 14.8. The predicted octanol–water partition coefficient (Wildman–Crippen LogP) is 3.15. The highest BCUT2D eigenvalue weighted by atomic mass is 16.5. The van der Waals surface area contributed by atoms with Crippen molar-refractivity contribution in [2.24, 2.45) is 0 Å². The minimum atomic E-state index is -0.163. The summed E-state index contributed by atoms with van der Waals surface area (Å²) in [5.74, 6) is 1.36. The van der Waals surface area contributed by atoms with E-state index in [1.807, 2.05) is 52.2 Å². The van der Waals surface area contributed by atoms with Crippen LogP contribution in [0.1, 0.15) is 53.2 Å². The van der Waals surface area contributed by atoms with Gasteiger partial charge in [-0.2, -0.15) is 0 Å². The molecule has 1 aromatic carbocycles. The van der Waals surface area contributed by atoms with Gasteiger partial charge in [0.1, 0.15) is 11.3 Å². The van der Waals surface area contributed by atoms with E-state index < -0.39 is 0 Å². The number of likely N-dealkylation sites (N-methyl/N-ethyl adjacent to an activating group) is 1. The van der Waals surface area contributed by atoms with Crippen molar-refractivity contribution in [3.8, 4) is 5.75 Å². The van der Waals surface area contributed by atoms with Crippen LogP contribution in [0.25, 0.3) is 0 Å². The largest absolute Gasteiger partial charge is 0.496 e. The Morgan fingerprint density at radius 2 is 2.00 bits per heavy atom. The molecule has 1 atom stereocenters. The van der Waals surface area contributed by atoms with Crippen molar-refractivity contribution >= 4 is 5.91 Å². The fourth-order valence-corrected chi connectivity index (χ4v) is 2.85. The standard InChI is InChI=1S/C19H27N3O3/c1-12(2)18-17(13(3)21-25-18)19(23)20-11-15(22(4)5)14-9-7-8-10-16(14)24-6/h7-10,12,15H,11H2,1-6H3,(H,20,23). The molecule has 0 bridgehead atoms. The van der Waals surface area contributed by atoms with Crippen LogP contribution in [0.2, 0.25) is 0 Å². The number of nitrogens with zero attached hydrogens (tertiary/aromatic N) is 2. The van der Waals surface area contributed by atoms with Gasteiger partial charge in [-0.15, -0.1) is 0 Å². The molecule has 6 nitrogen and oxygen atoms in total. The molecule has 2 aromatic rings. The minimum absolute atomic E-state index is 0.0113. The van der Waals surface area contributed by atoms with E-state index in [2.05, 4.69) is 15.4 Å². The van der Waals surface area contributed by atoms with Crippen LogP contribution >= 0.6 is 0 Å². The smallest absolute Gasteiger partial charge is 0.256 e. The Labute approximate surface area is 149 Å². The van der Waals surface area contributed by atoms with Gasteiger partial charge < -0.3 is 19.5 Å². The summed E-state index contributed by atoms with van der Waals surface area (Å²) in [6.07, 6.45) is 0. The number of rotatable bonds is 7. The second kappa shape index (κ2) is 8.16. The van der Waals surface area contributed by atoms with E-state index >= 15 is 0 Å². The predicted molar refractivity (Wildman–Crippen MR) is 97.1 cm³/mol. The summed E-state index contributed by atoms with van der Waals surface area (Å²) < 4.78 is 10.8. The topological polar surface area (TPSA) is 67.6 Å². The fourth-order valence-electron chi connectivity index (χ4n) is 2.85. The van der Waals surface area contributed by atoms with Gasteiger partial charge in [-0.05, 0) is 27.1 Å². The highest BCUT2D eigenvalue weighted by Gasteiger charge is 2.24. The average Bonchev–Trinajstić information content (AvgIpc) is 2.97. The van der Waals surface area contributed by atoms with E-state index in [-0.39, 0.29) is 17.9 Å². The van der Waals surface area contributed by atoms with Gasteiger partial charge in [-0.25, -0.2) is 0 Å². The summed E-state index contributed by atoms with van der Waals surface area (Å²) in [5.41, 5.74) is 2.17. The Morgan fingerprint density at radius 1 is 1.32 bits per heavy atom. The van der Waals surface area contributed by atoms with E-state index in [9.17, 15) is 4.79 Å². The number of ether oxygens (including phenoxy) is 1. The monoisotopic (exact) mass is 345 g/mol. The number of aromatic nitrogens is 1. The van der Waals surface area contributed by atoms with Crippen molar-refractivity contribution in [1.29, 1.82) is 0 Å². The maximum Gasteiger partial charge on any atom is 0.256 e. The lowest BCUT2D eigenvalue weighted by Crippen LogP contribution is -2.35. The maximum atomic E-state index is 12.7. The summed E-state index contributed by atoms with van der Waals surface area (Å²) in [6, 6.07) is 7.83. The van der Waals surface area contributed by atoms with Crippen molar-refractivity contribution < 1.29 is 14.1 Å². The maximum absolute atomic E-state index is 12.7. The van der Waals surface area contributed by atoms with Crippen LogP contribution in [-0.4, -0.2) is 43.7 Å². The SMILES string of the molecule is COc1ccccc1C(CNC(=O)c1c(C)noc1C(C)C)N(C)C. The number of para-hydroxylation sites is 1. The van der Waals surface area contributed by atoms with Crippen molar-refractivity contribution in [3.05, 3.63) is 46.8 Å². The third-order valence-corrected chi connectivity index (χ3v) is 4.22. The van der Waals surface area contributed by atoms with Crippen LogP contribution < -0.4 is 10.1 Å². The highest BCUT2D eigenvalue weighted by Crippen LogP contribution is 2.28. The lowest BCUT2D eigenvalue weighted by atomic mass is 10.0. The lowest BCUT2D eigenvalue weighted by molar-refractivity contribution is 0.0938. The van der Waals surface area contributed by atoms with Crippen molar-refractivity contribution in [2.45, 2.75) is 32.7 Å². The summed E-state index contributed by atoms with van der Waals surface area (Å²) in [7, 11) is 5.61. The van der Waals surface area contributed by atoms with Gasteiger partial charge >= 0.3 is 0 Å². The van der Waals surface area contributed by atoms with Crippen molar-refractivity contribution in [3.63, 3.8) is 0 Å². The zero-order valence-electron chi connectivity index (χ0n) is 15.8. The van der Waals surface area contributed by atoms with Gasteiger partial charge in [-0.1, -0.05) is 37.2 Å². The highest BCUT2D eigenvalue weighted by molar-refractivity contribution is 5.96. The van der Waals surface area contributed by atoms with E-state index in [1.165, 1.54) is 0 Å². The van der Waals surface area contributed by atoms with Gasteiger partial charge in [0, 0.05) is 18.0 Å². The molecule has 1 unspecified atom stereocenters. The van der Waals surface area contributed by atoms with E-state index in [1.54, 1.807) is 14.0 Å². The molecule has 0 saturated carbocycles. The molecule has 136 valence electrons. The molecule has 1 aromatic heterocycles. The molecule has 1 amide bonds. The number of carbonyl (C=O) groups excluding carboxylic acids is 1. The van der Waals surface area contributed by atoms with Crippen LogP contribution in [0.5, 0.6) is 5.75 Å². The number of amides is 1. The molecule has 2 rings (SSSR count). The second-order valence-electron chi connectivity index (χ2n) is 6.59. The van der Waals surface area contributed by atoms with Gasteiger partial charge in [0.25, 0.3) is 5.91 Å². The molecule has 0 radical (unpaired) electrons. The summed E-state index contributed by atoms with van der Waals surface area (Å²) >= 11 is 0. The van der Waals surface area contributed by atoms with E-state index in [4.69, 9.17) is 9.26 Å². The Bertz CT molecular complexity index is 722. The number of nitrogens with one attached hydrogen (secondary N) is 1. The number of aryl methyl sites for hydroxylation is 1. The van der Waals surface area contributed by atoms with Crippen LogP contribution in [0, 0.1) is 6.92 Å². The lowest BCUT2D eigenvalue weighted by Gasteiger charge is -2.26. The molecule has 0 fully saturated rings. The Morgan fingerprint density at radius 3 is 2.60 bits per heavy atom. The van der Waals surface area contributed by atoms with Crippen LogP contribution in [0.4, 0.5) is 0 Å².